The molecule has 0 unspecified atom stereocenters. The zero-order valence-electron chi connectivity index (χ0n) is 12.1. The minimum absolute atomic E-state index is 1.18. The number of aromatic nitrogens is 1. The lowest BCUT2D eigenvalue weighted by atomic mass is 10.0. The predicted octanol–water partition coefficient (Wildman–Crippen LogP) is 5.56. The molecule has 0 fully saturated rings. The van der Waals surface area contributed by atoms with Gasteiger partial charge >= 0.3 is 0 Å². The Morgan fingerprint density at radius 1 is 0.636 bits per heavy atom. The number of nitrogens with zero attached hydrogens (tertiary/aromatic N) is 1. The van der Waals surface area contributed by atoms with E-state index < -0.39 is 0 Å². The van der Waals surface area contributed by atoms with Crippen molar-refractivity contribution >= 4 is 33.7 Å². The van der Waals surface area contributed by atoms with Crippen molar-refractivity contribution in [1.82, 2.24) is 4.98 Å². The Bertz CT molecular complexity index is 969. The average molecular weight is 281 g/mol. The van der Waals surface area contributed by atoms with Crippen LogP contribution in [0.5, 0.6) is 0 Å². The molecular weight excluding hydrogens is 266 g/mol. The molecular formula is C21H15N. The zero-order valence-corrected chi connectivity index (χ0v) is 12.1. The summed E-state index contributed by atoms with van der Waals surface area (Å²) >= 11 is 0. The van der Waals surface area contributed by atoms with Crippen LogP contribution < -0.4 is 0 Å². The van der Waals surface area contributed by atoms with Crippen molar-refractivity contribution in [3.05, 3.63) is 90.3 Å². The normalized spacial score (nSPS) is 11.5. The van der Waals surface area contributed by atoms with Crippen molar-refractivity contribution in [1.29, 1.82) is 0 Å². The highest BCUT2D eigenvalue weighted by atomic mass is 14.6. The first-order valence-electron chi connectivity index (χ1n) is 7.40. The minimum atomic E-state index is 1.18. The molecule has 0 N–H and O–H groups in total. The number of benzene rings is 3. The highest BCUT2D eigenvalue weighted by molar-refractivity contribution is 6.07. The second-order valence-corrected chi connectivity index (χ2v) is 5.39. The van der Waals surface area contributed by atoms with Gasteiger partial charge in [-0.3, -0.25) is 4.98 Å². The highest BCUT2D eigenvalue weighted by Gasteiger charge is 2.00. The Morgan fingerprint density at radius 3 is 2.32 bits per heavy atom. The number of pyridine rings is 1. The fraction of sp³-hybridized carbons (Fsp3) is 0. The first-order chi connectivity index (χ1) is 10.9. The van der Waals surface area contributed by atoms with Crippen molar-refractivity contribution in [2.45, 2.75) is 0 Å². The maximum Gasteiger partial charge on any atom is 0.0346 e. The quantitative estimate of drug-likeness (QED) is 0.346. The molecule has 0 saturated heterocycles. The largest absolute Gasteiger partial charge is 0.264 e. The van der Waals surface area contributed by atoms with E-state index in [0.29, 0.717) is 0 Å². The summed E-state index contributed by atoms with van der Waals surface area (Å²) in [7, 11) is 0. The first-order valence-corrected chi connectivity index (χ1v) is 7.40. The van der Waals surface area contributed by atoms with Crippen LogP contribution in [0.25, 0.3) is 33.7 Å². The van der Waals surface area contributed by atoms with Crippen LogP contribution in [0.1, 0.15) is 11.1 Å². The summed E-state index contributed by atoms with van der Waals surface area (Å²) < 4.78 is 0. The van der Waals surface area contributed by atoms with Crippen LogP contribution >= 0.6 is 0 Å². The third-order valence-electron chi connectivity index (χ3n) is 3.93. The van der Waals surface area contributed by atoms with Crippen LogP contribution in [0.15, 0.2) is 79.1 Å². The summed E-state index contributed by atoms with van der Waals surface area (Å²) in [5.41, 5.74) is 2.42. The van der Waals surface area contributed by atoms with E-state index in [9.17, 15) is 0 Å². The van der Waals surface area contributed by atoms with Gasteiger partial charge in [0.15, 0.2) is 0 Å². The Labute approximate surface area is 129 Å². The van der Waals surface area contributed by atoms with Crippen molar-refractivity contribution in [2.75, 3.05) is 0 Å². The molecule has 104 valence electrons. The van der Waals surface area contributed by atoms with Crippen LogP contribution in [-0.4, -0.2) is 4.98 Å². The zero-order chi connectivity index (χ0) is 14.8. The van der Waals surface area contributed by atoms with Gasteiger partial charge in [-0.15, -0.1) is 0 Å². The molecule has 0 amide bonds. The van der Waals surface area contributed by atoms with Gasteiger partial charge in [0, 0.05) is 17.8 Å². The van der Waals surface area contributed by atoms with E-state index in [4.69, 9.17) is 0 Å². The van der Waals surface area contributed by atoms with Gasteiger partial charge in [-0.2, -0.15) is 0 Å². The van der Waals surface area contributed by atoms with Crippen molar-refractivity contribution < 1.29 is 0 Å². The predicted molar refractivity (Wildman–Crippen MR) is 94.6 cm³/mol. The molecule has 1 heterocycles. The van der Waals surface area contributed by atoms with E-state index in [-0.39, 0.29) is 0 Å². The molecule has 22 heavy (non-hydrogen) atoms. The van der Waals surface area contributed by atoms with Gasteiger partial charge in [0.25, 0.3) is 0 Å². The Kier molecular flexibility index (Phi) is 3.17. The monoisotopic (exact) mass is 281 g/mol. The van der Waals surface area contributed by atoms with Crippen LogP contribution in [0.4, 0.5) is 0 Å². The van der Waals surface area contributed by atoms with Gasteiger partial charge in [0.1, 0.15) is 0 Å². The lowest BCUT2D eigenvalue weighted by Crippen LogP contribution is -1.80. The van der Waals surface area contributed by atoms with Gasteiger partial charge < -0.3 is 0 Å². The third-order valence-corrected chi connectivity index (χ3v) is 3.93. The molecule has 0 atom stereocenters. The molecule has 0 saturated carbocycles. The number of rotatable bonds is 2. The summed E-state index contributed by atoms with van der Waals surface area (Å²) in [5, 5.41) is 4.97. The molecule has 0 bridgehead atoms. The van der Waals surface area contributed by atoms with E-state index in [1.807, 2.05) is 18.5 Å². The second-order valence-electron chi connectivity index (χ2n) is 5.39. The van der Waals surface area contributed by atoms with Gasteiger partial charge in [-0.25, -0.2) is 0 Å². The van der Waals surface area contributed by atoms with Crippen molar-refractivity contribution in [3.63, 3.8) is 0 Å². The summed E-state index contributed by atoms with van der Waals surface area (Å²) in [6.07, 6.45) is 8.08. The SMILES string of the molecule is C(=C\c1ccc2ccc3cnccc3c2c1)/c1ccccc1. The summed E-state index contributed by atoms with van der Waals surface area (Å²) in [6, 6.07) is 23.3. The van der Waals surface area contributed by atoms with Gasteiger partial charge in [-0.05, 0) is 39.4 Å². The first kappa shape index (κ1) is 12.8. The molecule has 0 spiro atoms. The molecule has 0 aliphatic carbocycles. The second kappa shape index (κ2) is 5.45. The molecule has 4 rings (SSSR count). The van der Waals surface area contributed by atoms with Crippen molar-refractivity contribution in [3.8, 4) is 0 Å². The Morgan fingerprint density at radius 2 is 1.41 bits per heavy atom. The van der Waals surface area contributed by atoms with Gasteiger partial charge in [-0.1, -0.05) is 66.7 Å². The molecule has 1 aromatic heterocycles. The van der Waals surface area contributed by atoms with Gasteiger partial charge in [0.05, 0.1) is 0 Å². The van der Waals surface area contributed by atoms with Crippen LogP contribution in [0.2, 0.25) is 0 Å². The maximum atomic E-state index is 4.20. The van der Waals surface area contributed by atoms with Gasteiger partial charge in [0.2, 0.25) is 0 Å². The topological polar surface area (TPSA) is 12.9 Å². The number of hydrogen-bond donors (Lipinski definition) is 0. The average Bonchev–Trinajstić information content (AvgIpc) is 2.60. The van der Waals surface area contributed by atoms with E-state index in [1.165, 1.54) is 32.7 Å². The summed E-state index contributed by atoms with van der Waals surface area (Å²) in [5.74, 6) is 0. The lowest BCUT2D eigenvalue weighted by molar-refractivity contribution is 1.37. The molecule has 4 aromatic rings. The van der Waals surface area contributed by atoms with E-state index in [1.54, 1.807) is 0 Å². The standard InChI is InChI=1S/C21H15N/c1-2-4-16(5-3-1)6-7-17-8-9-18-10-11-19-15-22-13-12-20(19)21(18)14-17/h1-15H/b7-6+. The Balaban J connectivity index is 1.83. The van der Waals surface area contributed by atoms with E-state index >= 15 is 0 Å². The number of hydrogen-bond acceptors (Lipinski definition) is 1. The maximum absolute atomic E-state index is 4.20. The Hall–Kier alpha value is -2.93. The molecule has 0 aliphatic rings. The number of fused-ring (bicyclic) bond motifs is 3. The highest BCUT2D eigenvalue weighted by Crippen LogP contribution is 2.26. The van der Waals surface area contributed by atoms with Crippen LogP contribution in [0, 0.1) is 0 Å². The van der Waals surface area contributed by atoms with E-state index in [0.717, 1.165) is 0 Å². The third kappa shape index (κ3) is 2.38. The fourth-order valence-corrected chi connectivity index (χ4v) is 2.78. The lowest BCUT2D eigenvalue weighted by Gasteiger charge is -2.04. The smallest absolute Gasteiger partial charge is 0.0346 e. The van der Waals surface area contributed by atoms with Crippen LogP contribution in [-0.2, 0) is 0 Å². The minimum Gasteiger partial charge on any atom is -0.264 e. The van der Waals surface area contributed by atoms with E-state index in [2.05, 4.69) is 77.8 Å². The fourth-order valence-electron chi connectivity index (χ4n) is 2.78. The molecule has 0 radical (unpaired) electrons. The molecule has 3 aromatic carbocycles. The van der Waals surface area contributed by atoms with Crippen LogP contribution in [0.3, 0.4) is 0 Å². The van der Waals surface area contributed by atoms with Crippen molar-refractivity contribution in [2.24, 2.45) is 0 Å². The molecule has 1 heteroatoms. The molecule has 1 nitrogen and oxygen atoms in total. The summed E-state index contributed by atoms with van der Waals surface area (Å²) in [6.45, 7) is 0. The molecule has 0 aliphatic heterocycles. The summed E-state index contributed by atoms with van der Waals surface area (Å²) in [4.78, 5) is 4.20.